The summed E-state index contributed by atoms with van der Waals surface area (Å²) in [7, 11) is 0. The maximum atomic E-state index is 12.4. The highest BCUT2D eigenvalue weighted by Gasteiger charge is 2.29. The molecule has 1 aliphatic carbocycles. The minimum absolute atomic E-state index is 0.236. The fourth-order valence-corrected chi connectivity index (χ4v) is 5.69. The van der Waals surface area contributed by atoms with E-state index in [0.717, 1.165) is 42.4 Å². The Morgan fingerprint density at radius 2 is 1.37 bits per heavy atom. The van der Waals surface area contributed by atoms with E-state index in [1.807, 2.05) is 24.3 Å². The van der Waals surface area contributed by atoms with Gasteiger partial charge in [-0.3, -0.25) is 0 Å². The third-order valence-corrected chi connectivity index (χ3v) is 7.19. The van der Waals surface area contributed by atoms with Gasteiger partial charge in [-0.25, -0.2) is 9.59 Å². The van der Waals surface area contributed by atoms with Crippen molar-refractivity contribution in [1.82, 2.24) is 0 Å². The molecule has 0 radical (unpaired) electrons. The first kappa shape index (κ1) is 24.7. The minimum Gasteiger partial charge on any atom is -0.478 e. The largest absolute Gasteiger partial charge is 0.478 e. The molecule has 1 aliphatic rings. The predicted molar refractivity (Wildman–Crippen MR) is 140 cm³/mol. The number of carboxylic acid groups (broad SMARTS) is 2. The minimum atomic E-state index is -0.981. The molecule has 0 bridgehead atoms. The van der Waals surface area contributed by atoms with Crippen LogP contribution in [0.1, 0.15) is 89.8 Å². The number of aryl methyl sites for hydroxylation is 1. The summed E-state index contributed by atoms with van der Waals surface area (Å²) >= 11 is 0. The van der Waals surface area contributed by atoms with Crippen molar-refractivity contribution in [3.05, 3.63) is 82.4 Å². The maximum Gasteiger partial charge on any atom is 0.336 e. The lowest BCUT2D eigenvalue weighted by molar-refractivity contribution is 0.0686. The van der Waals surface area contributed by atoms with Crippen molar-refractivity contribution in [2.75, 3.05) is 0 Å². The first-order valence-corrected chi connectivity index (χ1v) is 12.7. The molecule has 4 rings (SSSR count). The number of aromatic carboxylic acids is 2. The summed E-state index contributed by atoms with van der Waals surface area (Å²) in [5.41, 5.74) is 7.12. The molecule has 0 amide bonds. The molecule has 2 N–H and O–H groups in total. The van der Waals surface area contributed by atoms with E-state index in [0.29, 0.717) is 23.0 Å². The molecule has 0 aromatic heterocycles. The lowest BCUT2D eigenvalue weighted by Crippen LogP contribution is -2.12. The Kier molecular flexibility index (Phi) is 7.39. The van der Waals surface area contributed by atoms with Gasteiger partial charge in [0.05, 0.1) is 11.1 Å². The van der Waals surface area contributed by atoms with E-state index in [1.165, 1.54) is 24.0 Å². The number of benzene rings is 3. The van der Waals surface area contributed by atoms with Crippen LogP contribution in [0.4, 0.5) is 0 Å². The second-order valence-corrected chi connectivity index (χ2v) is 9.99. The van der Waals surface area contributed by atoms with Crippen LogP contribution in [0.25, 0.3) is 22.3 Å². The molecule has 0 heterocycles. The molecule has 3 aromatic carbocycles. The summed E-state index contributed by atoms with van der Waals surface area (Å²) in [6.45, 7) is 6.46. The first-order chi connectivity index (χ1) is 16.8. The number of carboxylic acids is 2. The van der Waals surface area contributed by atoms with Crippen molar-refractivity contribution in [3.63, 3.8) is 0 Å². The van der Waals surface area contributed by atoms with Gasteiger partial charge in [-0.1, -0.05) is 76.1 Å². The standard InChI is InChI=1S/C31H34O4/c1-4-20-18-26(21-11-5-6-12-21)27(17-19(2)3)29(23-14-8-10-16-25(23)31(34)35)28(20)22-13-7-9-15-24(22)30(32)33/h7-10,13-16,18-19,21H,4-6,11-12,17H2,1-3H3,(H,32,33)(H,34,35). The van der Waals surface area contributed by atoms with E-state index in [-0.39, 0.29) is 11.1 Å². The van der Waals surface area contributed by atoms with Gasteiger partial charge in [0.15, 0.2) is 0 Å². The van der Waals surface area contributed by atoms with Crippen molar-refractivity contribution in [1.29, 1.82) is 0 Å². The molecule has 35 heavy (non-hydrogen) atoms. The highest BCUT2D eigenvalue weighted by molar-refractivity contribution is 6.04. The zero-order chi connectivity index (χ0) is 25.1. The molecule has 3 aromatic rings. The van der Waals surface area contributed by atoms with Gasteiger partial charge in [-0.15, -0.1) is 0 Å². The molecule has 182 valence electrons. The van der Waals surface area contributed by atoms with Crippen LogP contribution in [0.15, 0.2) is 54.6 Å². The van der Waals surface area contributed by atoms with Gasteiger partial charge in [0.1, 0.15) is 0 Å². The lowest BCUT2D eigenvalue weighted by Gasteiger charge is -2.27. The zero-order valence-corrected chi connectivity index (χ0v) is 20.8. The van der Waals surface area contributed by atoms with E-state index >= 15 is 0 Å². The SMILES string of the molecule is CCc1cc(C2CCCC2)c(CC(C)C)c(-c2ccccc2C(=O)O)c1-c1ccccc1C(=O)O. The average Bonchev–Trinajstić information content (AvgIpc) is 3.38. The zero-order valence-electron chi connectivity index (χ0n) is 20.8. The maximum absolute atomic E-state index is 12.4. The molecular formula is C31H34O4. The third-order valence-electron chi connectivity index (χ3n) is 7.19. The number of rotatable bonds is 8. The number of hydrogen-bond donors (Lipinski definition) is 2. The fraction of sp³-hybridized carbons (Fsp3) is 0.355. The van der Waals surface area contributed by atoms with E-state index in [1.54, 1.807) is 24.3 Å². The highest BCUT2D eigenvalue weighted by atomic mass is 16.4. The molecule has 4 nitrogen and oxygen atoms in total. The van der Waals surface area contributed by atoms with Crippen molar-refractivity contribution >= 4 is 11.9 Å². The Morgan fingerprint density at radius 3 is 1.86 bits per heavy atom. The summed E-state index contributed by atoms with van der Waals surface area (Å²) in [5, 5.41) is 20.2. The van der Waals surface area contributed by atoms with Crippen LogP contribution in [0.5, 0.6) is 0 Å². The molecule has 1 saturated carbocycles. The molecule has 0 spiro atoms. The first-order valence-electron chi connectivity index (χ1n) is 12.7. The van der Waals surface area contributed by atoms with Crippen molar-refractivity contribution in [2.45, 2.75) is 65.2 Å². The Hall–Kier alpha value is -3.40. The normalized spacial score (nSPS) is 13.9. The summed E-state index contributed by atoms with van der Waals surface area (Å²) < 4.78 is 0. The molecule has 0 saturated heterocycles. The average molecular weight is 471 g/mol. The van der Waals surface area contributed by atoms with Gasteiger partial charge >= 0.3 is 11.9 Å². The van der Waals surface area contributed by atoms with E-state index in [9.17, 15) is 19.8 Å². The van der Waals surface area contributed by atoms with Gasteiger partial charge < -0.3 is 10.2 Å². The molecule has 0 unspecified atom stereocenters. The van der Waals surface area contributed by atoms with Crippen LogP contribution in [-0.2, 0) is 12.8 Å². The van der Waals surface area contributed by atoms with Crippen LogP contribution in [0.2, 0.25) is 0 Å². The molecular weight excluding hydrogens is 436 g/mol. The quantitative estimate of drug-likeness (QED) is 0.352. The summed E-state index contributed by atoms with van der Waals surface area (Å²) in [6, 6.07) is 16.6. The van der Waals surface area contributed by atoms with E-state index in [2.05, 4.69) is 26.8 Å². The summed E-state index contributed by atoms with van der Waals surface area (Å²) in [6.07, 6.45) is 6.23. The smallest absolute Gasteiger partial charge is 0.336 e. The Labute approximate surface area is 207 Å². The van der Waals surface area contributed by atoms with Crippen LogP contribution in [0.3, 0.4) is 0 Å². The Morgan fingerprint density at radius 1 is 0.857 bits per heavy atom. The van der Waals surface area contributed by atoms with Crippen molar-refractivity contribution in [2.24, 2.45) is 5.92 Å². The number of carbonyl (C=O) groups is 2. The van der Waals surface area contributed by atoms with Crippen molar-refractivity contribution < 1.29 is 19.8 Å². The number of hydrogen-bond acceptors (Lipinski definition) is 2. The molecule has 0 aliphatic heterocycles. The van der Waals surface area contributed by atoms with Gasteiger partial charge in [0, 0.05) is 0 Å². The monoisotopic (exact) mass is 470 g/mol. The van der Waals surface area contributed by atoms with Gasteiger partial charge in [-0.05, 0) is 88.6 Å². The fourth-order valence-electron chi connectivity index (χ4n) is 5.69. The summed E-state index contributed by atoms with van der Waals surface area (Å²) in [5.74, 6) is -1.14. The van der Waals surface area contributed by atoms with Crippen LogP contribution < -0.4 is 0 Å². The van der Waals surface area contributed by atoms with Gasteiger partial charge in [0.25, 0.3) is 0 Å². The predicted octanol–water partition coefficient (Wildman–Crippen LogP) is 7.84. The van der Waals surface area contributed by atoms with Crippen LogP contribution >= 0.6 is 0 Å². The van der Waals surface area contributed by atoms with Crippen LogP contribution in [0, 0.1) is 5.92 Å². The third kappa shape index (κ3) is 4.88. The van der Waals surface area contributed by atoms with E-state index in [4.69, 9.17) is 0 Å². The Balaban J connectivity index is 2.20. The second-order valence-electron chi connectivity index (χ2n) is 9.99. The Bertz CT molecular complexity index is 1250. The van der Waals surface area contributed by atoms with E-state index < -0.39 is 11.9 Å². The molecule has 1 fully saturated rings. The van der Waals surface area contributed by atoms with Gasteiger partial charge in [-0.2, -0.15) is 0 Å². The molecule has 0 atom stereocenters. The summed E-state index contributed by atoms with van der Waals surface area (Å²) in [4.78, 5) is 24.6. The lowest BCUT2D eigenvalue weighted by atomic mass is 9.76. The van der Waals surface area contributed by atoms with Crippen molar-refractivity contribution in [3.8, 4) is 22.3 Å². The van der Waals surface area contributed by atoms with Gasteiger partial charge in [0.2, 0.25) is 0 Å². The highest BCUT2D eigenvalue weighted by Crippen LogP contribution is 2.47. The molecule has 4 heteroatoms. The topological polar surface area (TPSA) is 74.6 Å². The second kappa shape index (κ2) is 10.5. The van der Waals surface area contributed by atoms with Crippen LogP contribution in [-0.4, -0.2) is 22.2 Å².